The molecule has 1 saturated heterocycles. The van der Waals surface area contributed by atoms with E-state index >= 15 is 0 Å². The minimum Gasteiger partial charge on any atom is -0.450 e. The van der Waals surface area contributed by atoms with Crippen molar-refractivity contribution in [2.24, 2.45) is 0 Å². The van der Waals surface area contributed by atoms with Gasteiger partial charge in [-0.2, -0.15) is 0 Å². The average Bonchev–Trinajstić information content (AvgIpc) is 2.99. The molecule has 3 heterocycles. The van der Waals surface area contributed by atoms with Gasteiger partial charge < -0.3 is 9.32 Å². The molecule has 23 heavy (non-hydrogen) atoms. The molecule has 4 nitrogen and oxygen atoms in total. The van der Waals surface area contributed by atoms with Crippen molar-refractivity contribution in [3.8, 4) is 11.3 Å². The topological polar surface area (TPSA) is 42.2 Å². The highest BCUT2D eigenvalue weighted by Gasteiger charge is 2.20. The van der Waals surface area contributed by atoms with Crippen molar-refractivity contribution < 1.29 is 4.42 Å². The maximum atomic E-state index is 6.12. The van der Waals surface area contributed by atoms with E-state index in [1.54, 1.807) is 0 Å². The molecule has 5 heteroatoms. The van der Waals surface area contributed by atoms with Crippen LogP contribution in [0.4, 0.5) is 5.82 Å². The summed E-state index contributed by atoms with van der Waals surface area (Å²) in [6.07, 6.45) is 3.70. The van der Waals surface area contributed by atoms with Gasteiger partial charge in [-0.05, 0) is 50.5 Å². The number of aryl methyl sites for hydroxylation is 1. The summed E-state index contributed by atoms with van der Waals surface area (Å²) in [6.45, 7) is 3.99. The zero-order valence-corrected chi connectivity index (χ0v) is 13.8. The van der Waals surface area contributed by atoms with Crippen LogP contribution in [0.1, 0.15) is 25.1 Å². The number of fused-ring (bicyclic) bond motifs is 1. The minimum atomic E-state index is 0.717. The molecule has 1 aromatic carbocycles. The maximum absolute atomic E-state index is 6.12. The standard InChI is InChI=1S/C18H18ClN3O/c1-12-20-15-11-16(13-5-7-14(19)8-6-13)23-17(15)18(21-12)22-9-3-2-4-10-22/h5-8,11H,2-4,9-10H2,1H3. The highest BCUT2D eigenvalue weighted by Crippen LogP contribution is 2.33. The van der Waals surface area contributed by atoms with Crippen LogP contribution < -0.4 is 4.90 Å². The van der Waals surface area contributed by atoms with E-state index in [0.29, 0.717) is 0 Å². The Kier molecular flexibility index (Phi) is 3.69. The SMILES string of the molecule is Cc1nc(N2CCCCC2)c2oc(-c3ccc(Cl)cc3)cc2n1. The van der Waals surface area contributed by atoms with Crippen LogP contribution in [0.3, 0.4) is 0 Å². The van der Waals surface area contributed by atoms with Gasteiger partial charge >= 0.3 is 0 Å². The van der Waals surface area contributed by atoms with Crippen molar-refractivity contribution in [3.05, 3.63) is 41.2 Å². The number of hydrogen-bond acceptors (Lipinski definition) is 4. The minimum absolute atomic E-state index is 0.717. The van der Waals surface area contributed by atoms with Crippen LogP contribution in [0.25, 0.3) is 22.4 Å². The highest BCUT2D eigenvalue weighted by molar-refractivity contribution is 6.30. The lowest BCUT2D eigenvalue weighted by molar-refractivity contribution is 0.565. The Labute approximate surface area is 140 Å². The molecule has 0 atom stereocenters. The second-order valence-electron chi connectivity index (χ2n) is 5.97. The van der Waals surface area contributed by atoms with Gasteiger partial charge in [0.2, 0.25) is 0 Å². The number of anilines is 1. The Morgan fingerprint density at radius 1 is 1.04 bits per heavy atom. The van der Waals surface area contributed by atoms with Crippen molar-refractivity contribution >= 4 is 28.5 Å². The van der Waals surface area contributed by atoms with Gasteiger partial charge in [-0.3, -0.25) is 0 Å². The van der Waals surface area contributed by atoms with Crippen LogP contribution in [0.5, 0.6) is 0 Å². The second kappa shape index (κ2) is 5.85. The maximum Gasteiger partial charge on any atom is 0.195 e. The molecule has 0 bridgehead atoms. The molecule has 1 aliphatic heterocycles. The summed E-state index contributed by atoms with van der Waals surface area (Å²) in [7, 11) is 0. The predicted octanol–water partition coefficient (Wildman–Crippen LogP) is 4.84. The van der Waals surface area contributed by atoms with E-state index in [1.165, 1.54) is 19.3 Å². The largest absolute Gasteiger partial charge is 0.450 e. The molecule has 0 unspecified atom stereocenters. The van der Waals surface area contributed by atoms with E-state index in [4.69, 9.17) is 16.0 Å². The summed E-state index contributed by atoms with van der Waals surface area (Å²) in [5, 5.41) is 0.717. The van der Waals surface area contributed by atoms with E-state index in [-0.39, 0.29) is 0 Å². The number of halogens is 1. The van der Waals surface area contributed by atoms with Gasteiger partial charge in [0.1, 0.15) is 17.1 Å². The lowest BCUT2D eigenvalue weighted by Crippen LogP contribution is -2.30. The molecule has 118 valence electrons. The molecule has 1 fully saturated rings. The molecular weight excluding hydrogens is 310 g/mol. The first-order valence-electron chi connectivity index (χ1n) is 8.00. The zero-order chi connectivity index (χ0) is 15.8. The number of benzene rings is 1. The lowest BCUT2D eigenvalue weighted by atomic mass is 10.1. The summed E-state index contributed by atoms with van der Waals surface area (Å²) in [6, 6.07) is 9.64. The van der Waals surface area contributed by atoms with E-state index in [1.807, 2.05) is 37.3 Å². The first-order chi connectivity index (χ1) is 11.2. The van der Waals surface area contributed by atoms with Crippen LogP contribution in [0.15, 0.2) is 34.7 Å². The van der Waals surface area contributed by atoms with Gasteiger partial charge in [0.15, 0.2) is 11.4 Å². The summed E-state index contributed by atoms with van der Waals surface area (Å²) in [5.41, 5.74) is 2.64. The van der Waals surface area contributed by atoms with E-state index in [0.717, 1.165) is 52.2 Å². The highest BCUT2D eigenvalue weighted by atomic mass is 35.5. The monoisotopic (exact) mass is 327 g/mol. The summed E-state index contributed by atoms with van der Waals surface area (Å²) >= 11 is 5.97. The third-order valence-electron chi connectivity index (χ3n) is 4.25. The molecule has 0 aliphatic carbocycles. The quantitative estimate of drug-likeness (QED) is 0.675. The number of hydrogen-bond donors (Lipinski definition) is 0. The summed E-state index contributed by atoms with van der Waals surface area (Å²) in [4.78, 5) is 11.5. The van der Waals surface area contributed by atoms with Crippen LogP contribution >= 0.6 is 11.6 Å². The number of nitrogens with zero attached hydrogens (tertiary/aromatic N) is 3. The number of aromatic nitrogens is 2. The van der Waals surface area contributed by atoms with Crippen molar-refractivity contribution in [1.82, 2.24) is 9.97 Å². The second-order valence-corrected chi connectivity index (χ2v) is 6.41. The van der Waals surface area contributed by atoms with Crippen molar-refractivity contribution in [1.29, 1.82) is 0 Å². The Bertz CT molecular complexity index is 835. The molecule has 0 N–H and O–H groups in total. The molecule has 1 aliphatic rings. The van der Waals surface area contributed by atoms with Gasteiger partial charge in [-0.15, -0.1) is 0 Å². The van der Waals surface area contributed by atoms with Gasteiger partial charge in [0.25, 0.3) is 0 Å². The smallest absolute Gasteiger partial charge is 0.195 e. The predicted molar refractivity (Wildman–Crippen MR) is 93.1 cm³/mol. The third-order valence-corrected chi connectivity index (χ3v) is 4.50. The molecule has 3 aromatic rings. The normalized spacial score (nSPS) is 15.3. The van der Waals surface area contributed by atoms with Crippen molar-refractivity contribution in [3.63, 3.8) is 0 Å². The van der Waals surface area contributed by atoms with Crippen LogP contribution in [-0.2, 0) is 0 Å². The Morgan fingerprint density at radius 3 is 2.52 bits per heavy atom. The van der Waals surface area contributed by atoms with E-state index < -0.39 is 0 Å². The average molecular weight is 328 g/mol. The molecule has 0 amide bonds. The fraction of sp³-hybridized carbons (Fsp3) is 0.333. The Morgan fingerprint density at radius 2 is 1.78 bits per heavy atom. The number of piperidine rings is 1. The molecule has 4 rings (SSSR count). The first kappa shape index (κ1) is 14.5. The molecular formula is C18H18ClN3O. The molecule has 0 radical (unpaired) electrons. The third kappa shape index (κ3) is 2.79. The van der Waals surface area contributed by atoms with Crippen molar-refractivity contribution in [2.75, 3.05) is 18.0 Å². The van der Waals surface area contributed by atoms with Gasteiger partial charge in [-0.25, -0.2) is 9.97 Å². The Balaban J connectivity index is 1.82. The first-order valence-corrected chi connectivity index (χ1v) is 8.37. The fourth-order valence-electron chi connectivity index (χ4n) is 3.10. The fourth-order valence-corrected chi connectivity index (χ4v) is 3.23. The summed E-state index contributed by atoms with van der Waals surface area (Å²) < 4.78 is 6.12. The Hall–Kier alpha value is -2.07. The zero-order valence-electron chi connectivity index (χ0n) is 13.1. The van der Waals surface area contributed by atoms with E-state index in [2.05, 4.69) is 14.9 Å². The van der Waals surface area contributed by atoms with Crippen LogP contribution in [0, 0.1) is 6.92 Å². The van der Waals surface area contributed by atoms with Gasteiger partial charge in [-0.1, -0.05) is 11.6 Å². The molecule has 0 spiro atoms. The molecule has 0 saturated carbocycles. The van der Waals surface area contributed by atoms with E-state index in [9.17, 15) is 0 Å². The van der Waals surface area contributed by atoms with Crippen molar-refractivity contribution in [2.45, 2.75) is 26.2 Å². The number of furan rings is 1. The molecule has 2 aromatic heterocycles. The lowest BCUT2D eigenvalue weighted by Gasteiger charge is -2.27. The van der Waals surface area contributed by atoms with Gasteiger partial charge in [0.05, 0.1) is 0 Å². The summed E-state index contributed by atoms with van der Waals surface area (Å²) in [5.74, 6) is 2.50. The van der Waals surface area contributed by atoms with Crippen LogP contribution in [0.2, 0.25) is 5.02 Å². The van der Waals surface area contributed by atoms with Crippen LogP contribution in [-0.4, -0.2) is 23.1 Å². The number of rotatable bonds is 2. The van der Waals surface area contributed by atoms with Gasteiger partial charge in [0, 0.05) is 29.7 Å².